The first-order valence-electron chi connectivity index (χ1n) is 5.90. The Hall–Kier alpha value is -1.89. The maximum Gasteiger partial charge on any atom is 0.417 e. The third-order valence-corrected chi connectivity index (χ3v) is 3.34. The monoisotopic (exact) mass is 358 g/mol. The van der Waals surface area contributed by atoms with Gasteiger partial charge in [-0.15, -0.1) is 0 Å². The normalized spacial score (nSPS) is 11.2. The zero-order valence-electron chi connectivity index (χ0n) is 10.6. The average molecular weight is 359 g/mol. The number of nitrogens with zero attached hydrogens (tertiary/aromatic N) is 1. The Kier molecular flexibility index (Phi) is 4.62. The number of amides is 1. The maximum absolute atomic E-state index is 12.4. The molecule has 1 heterocycles. The van der Waals surface area contributed by atoms with E-state index in [1.165, 1.54) is 0 Å². The van der Waals surface area contributed by atoms with Crippen LogP contribution in [0.3, 0.4) is 0 Å². The van der Waals surface area contributed by atoms with Gasteiger partial charge in [0, 0.05) is 17.2 Å². The molecule has 0 radical (unpaired) electrons. The van der Waals surface area contributed by atoms with Gasteiger partial charge in [-0.25, -0.2) is 0 Å². The second kappa shape index (κ2) is 6.26. The summed E-state index contributed by atoms with van der Waals surface area (Å²) in [7, 11) is 0. The van der Waals surface area contributed by atoms with Crippen LogP contribution >= 0.6 is 15.9 Å². The van der Waals surface area contributed by atoms with Gasteiger partial charge in [0.05, 0.1) is 5.56 Å². The fourth-order valence-corrected chi connectivity index (χ4v) is 2.13. The zero-order chi connectivity index (χ0) is 15.5. The number of hydrogen-bond donors (Lipinski definition) is 1. The molecule has 1 aromatic carbocycles. The lowest BCUT2D eigenvalue weighted by Gasteiger charge is -2.10. The van der Waals surface area contributed by atoms with Gasteiger partial charge in [-0.1, -0.05) is 34.1 Å². The van der Waals surface area contributed by atoms with Crippen molar-refractivity contribution in [3.05, 3.63) is 59.4 Å². The number of pyridine rings is 1. The lowest BCUT2D eigenvalue weighted by molar-refractivity contribution is -0.137. The van der Waals surface area contributed by atoms with Crippen LogP contribution in [0.5, 0.6) is 0 Å². The first-order chi connectivity index (χ1) is 9.91. The fraction of sp³-hybridized carbons (Fsp3) is 0.143. The molecule has 0 aliphatic rings. The van der Waals surface area contributed by atoms with E-state index in [1.54, 1.807) is 12.1 Å². The highest BCUT2D eigenvalue weighted by Gasteiger charge is 2.30. The van der Waals surface area contributed by atoms with E-state index in [1.807, 2.05) is 12.1 Å². The number of nitrogens with one attached hydrogen (secondary N) is 1. The fourth-order valence-electron chi connectivity index (χ4n) is 1.64. The summed E-state index contributed by atoms with van der Waals surface area (Å²) in [5.41, 5.74) is 0.478. The molecule has 2 aromatic rings. The molecule has 0 aliphatic heterocycles. The smallest absolute Gasteiger partial charge is 0.320 e. The molecule has 1 amide bonds. The van der Waals surface area contributed by atoms with Crippen LogP contribution in [0.25, 0.3) is 0 Å². The third kappa shape index (κ3) is 3.81. The van der Waals surface area contributed by atoms with Crippen LogP contribution in [0.4, 0.5) is 18.9 Å². The van der Waals surface area contributed by atoms with Gasteiger partial charge in [0.25, 0.3) is 5.91 Å². The minimum atomic E-state index is -4.47. The number of halogens is 4. The lowest BCUT2D eigenvalue weighted by atomic mass is 10.2. The van der Waals surface area contributed by atoms with Crippen LogP contribution in [0, 0.1) is 0 Å². The van der Waals surface area contributed by atoms with Crippen molar-refractivity contribution in [1.29, 1.82) is 0 Å². The second-order valence-electron chi connectivity index (χ2n) is 4.17. The molecular weight excluding hydrogens is 349 g/mol. The number of anilines is 1. The molecule has 0 aliphatic carbocycles. The van der Waals surface area contributed by atoms with E-state index in [-0.39, 0.29) is 5.69 Å². The highest BCUT2D eigenvalue weighted by molar-refractivity contribution is 9.08. The van der Waals surface area contributed by atoms with Crippen molar-refractivity contribution in [2.75, 3.05) is 5.32 Å². The standard InChI is InChI=1S/C14H10BrF3N2O/c15-7-9-3-1-2-4-11(9)20-13(21)12-6-5-10(8-19-12)14(16,17)18/h1-6,8H,7H2,(H,20,21). The van der Waals surface area contributed by atoms with Crippen LogP contribution in [0.2, 0.25) is 0 Å². The molecule has 1 N–H and O–H groups in total. The Bertz CT molecular complexity index is 641. The van der Waals surface area contributed by atoms with E-state index >= 15 is 0 Å². The van der Waals surface area contributed by atoms with Crippen molar-refractivity contribution in [3.8, 4) is 0 Å². The molecule has 0 saturated heterocycles. The summed E-state index contributed by atoms with van der Waals surface area (Å²) in [4.78, 5) is 15.5. The number of para-hydroxylation sites is 1. The number of carbonyl (C=O) groups excluding carboxylic acids is 1. The van der Waals surface area contributed by atoms with Gasteiger partial charge in [-0.3, -0.25) is 9.78 Å². The summed E-state index contributed by atoms with van der Waals surface area (Å²) in [6, 6.07) is 8.99. The largest absolute Gasteiger partial charge is 0.417 e. The SMILES string of the molecule is O=C(Nc1ccccc1CBr)c1ccc(C(F)(F)F)cn1. The molecule has 1 aromatic heterocycles. The number of carbonyl (C=O) groups is 1. The summed E-state index contributed by atoms with van der Waals surface area (Å²) in [5, 5.41) is 3.17. The Morgan fingerprint density at radius 1 is 1.19 bits per heavy atom. The van der Waals surface area contributed by atoms with Gasteiger partial charge in [0.2, 0.25) is 0 Å². The summed E-state index contributed by atoms with van der Waals surface area (Å²) >= 11 is 3.29. The second-order valence-corrected chi connectivity index (χ2v) is 4.74. The molecule has 110 valence electrons. The maximum atomic E-state index is 12.4. The van der Waals surface area contributed by atoms with Gasteiger partial charge in [0.15, 0.2) is 0 Å². The van der Waals surface area contributed by atoms with Gasteiger partial charge in [-0.2, -0.15) is 13.2 Å². The molecule has 21 heavy (non-hydrogen) atoms. The van der Waals surface area contributed by atoms with Crippen LogP contribution in [0.15, 0.2) is 42.6 Å². The number of aromatic nitrogens is 1. The van der Waals surface area contributed by atoms with Gasteiger partial charge in [-0.05, 0) is 23.8 Å². The van der Waals surface area contributed by atoms with Crippen LogP contribution in [-0.2, 0) is 11.5 Å². The van der Waals surface area contributed by atoms with Crippen molar-refractivity contribution >= 4 is 27.5 Å². The van der Waals surface area contributed by atoms with E-state index < -0.39 is 17.6 Å². The van der Waals surface area contributed by atoms with Crippen LogP contribution in [-0.4, -0.2) is 10.9 Å². The molecule has 3 nitrogen and oxygen atoms in total. The average Bonchev–Trinajstić information content (AvgIpc) is 2.47. The molecular formula is C14H10BrF3N2O. The first kappa shape index (κ1) is 15.5. The predicted octanol–water partition coefficient (Wildman–Crippen LogP) is 4.25. The van der Waals surface area contributed by atoms with Crippen molar-refractivity contribution in [3.63, 3.8) is 0 Å². The first-order valence-corrected chi connectivity index (χ1v) is 7.02. The molecule has 7 heteroatoms. The van der Waals surface area contributed by atoms with Crippen molar-refractivity contribution < 1.29 is 18.0 Å². The Balaban J connectivity index is 2.17. The van der Waals surface area contributed by atoms with Crippen LogP contribution in [0.1, 0.15) is 21.6 Å². The summed E-state index contributed by atoms with van der Waals surface area (Å²) in [6.07, 6.45) is -3.82. The Labute approximate surface area is 127 Å². The van der Waals surface area contributed by atoms with E-state index in [4.69, 9.17) is 0 Å². The van der Waals surface area contributed by atoms with Gasteiger partial charge in [0.1, 0.15) is 5.69 Å². The summed E-state index contributed by atoms with van der Waals surface area (Å²) < 4.78 is 37.3. The molecule has 0 atom stereocenters. The third-order valence-electron chi connectivity index (χ3n) is 2.73. The topological polar surface area (TPSA) is 42.0 Å². The lowest BCUT2D eigenvalue weighted by Crippen LogP contribution is -2.15. The molecule has 2 rings (SSSR count). The van der Waals surface area contributed by atoms with E-state index in [0.717, 1.165) is 17.7 Å². The zero-order valence-corrected chi connectivity index (χ0v) is 12.2. The number of benzene rings is 1. The summed E-state index contributed by atoms with van der Waals surface area (Å²) in [5.74, 6) is -0.558. The minimum Gasteiger partial charge on any atom is -0.320 e. The minimum absolute atomic E-state index is 0.0765. The molecule has 0 saturated carbocycles. The summed E-state index contributed by atoms with van der Waals surface area (Å²) in [6.45, 7) is 0. The van der Waals surface area contributed by atoms with Crippen molar-refractivity contribution in [2.45, 2.75) is 11.5 Å². The van der Waals surface area contributed by atoms with Crippen molar-refractivity contribution in [1.82, 2.24) is 4.98 Å². The highest BCUT2D eigenvalue weighted by Crippen LogP contribution is 2.28. The van der Waals surface area contributed by atoms with Crippen LogP contribution < -0.4 is 5.32 Å². The van der Waals surface area contributed by atoms with Gasteiger partial charge < -0.3 is 5.32 Å². The molecule has 0 spiro atoms. The van der Waals surface area contributed by atoms with E-state index in [9.17, 15) is 18.0 Å². The Morgan fingerprint density at radius 2 is 1.90 bits per heavy atom. The van der Waals surface area contributed by atoms with E-state index in [0.29, 0.717) is 17.2 Å². The van der Waals surface area contributed by atoms with Crippen molar-refractivity contribution in [2.24, 2.45) is 0 Å². The number of rotatable bonds is 3. The number of hydrogen-bond acceptors (Lipinski definition) is 2. The van der Waals surface area contributed by atoms with Gasteiger partial charge >= 0.3 is 6.18 Å². The predicted molar refractivity (Wildman–Crippen MR) is 76.3 cm³/mol. The molecule has 0 bridgehead atoms. The molecule has 0 fully saturated rings. The highest BCUT2D eigenvalue weighted by atomic mass is 79.9. The quantitative estimate of drug-likeness (QED) is 0.833. The van der Waals surface area contributed by atoms with E-state index in [2.05, 4.69) is 26.2 Å². The Morgan fingerprint density at radius 3 is 2.48 bits per heavy atom. The molecule has 0 unspecified atom stereocenters. The number of alkyl halides is 4.